The molecule has 0 radical (unpaired) electrons. The van der Waals surface area contributed by atoms with Crippen molar-refractivity contribution in [2.45, 2.75) is 99.1 Å². The van der Waals surface area contributed by atoms with Gasteiger partial charge < -0.3 is 10.6 Å². The Morgan fingerprint density at radius 2 is 1.74 bits per heavy atom. The van der Waals surface area contributed by atoms with E-state index in [4.69, 9.17) is 5.73 Å². The minimum Gasteiger partial charge on any atom is -0.367 e. The van der Waals surface area contributed by atoms with Crippen molar-refractivity contribution in [3.05, 3.63) is 29.8 Å². The zero-order chi connectivity index (χ0) is 23.0. The fourth-order valence-electron chi connectivity index (χ4n) is 4.76. The Morgan fingerprint density at radius 3 is 2.32 bits per heavy atom. The van der Waals surface area contributed by atoms with E-state index < -0.39 is 0 Å². The minimum atomic E-state index is 0.296. The Balaban J connectivity index is 2.06. The van der Waals surface area contributed by atoms with E-state index in [0.717, 1.165) is 32.0 Å². The van der Waals surface area contributed by atoms with Crippen molar-refractivity contribution in [2.75, 3.05) is 31.1 Å². The van der Waals surface area contributed by atoms with E-state index in [1.807, 2.05) is 0 Å². The van der Waals surface area contributed by atoms with Crippen LogP contribution < -0.4 is 10.6 Å². The van der Waals surface area contributed by atoms with Gasteiger partial charge in [0.1, 0.15) is 0 Å². The van der Waals surface area contributed by atoms with Gasteiger partial charge in [-0.25, -0.2) is 0 Å². The molecule has 2 atom stereocenters. The van der Waals surface area contributed by atoms with E-state index in [2.05, 4.69) is 82.5 Å². The first kappa shape index (κ1) is 26.2. The Kier molecular flexibility index (Phi) is 10.4. The summed E-state index contributed by atoms with van der Waals surface area (Å²) in [4.78, 5) is 5.33. The topological polar surface area (TPSA) is 32.5 Å². The highest BCUT2D eigenvalue weighted by atomic mass is 15.2. The third-order valence-electron chi connectivity index (χ3n) is 6.57. The summed E-state index contributed by atoms with van der Waals surface area (Å²) in [5, 5.41) is 0. The third kappa shape index (κ3) is 9.95. The Bertz CT molecular complexity index is 614. The molecule has 1 fully saturated rings. The fourth-order valence-corrected chi connectivity index (χ4v) is 4.76. The van der Waals surface area contributed by atoms with Crippen molar-refractivity contribution in [3.8, 4) is 0 Å². The lowest BCUT2D eigenvalue weighted by Crippen LogP contribution is -2.51. The van der Waals surface area contributed by atoms with Crippen LogP contribution in [0.3, 0.4) is 0 Å². The summed E-state index contributed by atoms with van der Waals surface area (Å²) in [5.41, 5.74) is 9.72. The van der Waals surface area contributed by atoms with E-state index >= 15 is 0 Å². The third-order valence-corrected chi connectivity index (χ3v) is 6.57. The van der Waals surface area contributed by atoms with Gasteiger partial charge in [-0.15, -0.1) is 0 Å². The molecular weight excluding hydrogens is 378 g/mol. The summed E-state index contributed by atoms with van der Waals surface area (Å²) in [6, 6.07) is 10.4. The van der Waals surface area contributed by atoms with Gasteiger partial charge >= 0.3 is 0 Å². The molecule has 1 heterocycles. The Hall–Kier alpha value is -1.06. The van der Waals surface area contributed by atoms with Gasteiger partial charge in [-0.3, -0.25) is 4.90 Å². The number of hydrogen-bond donors (Lipinski definition) is 1. The number of likely N-dealkylation sites (tertiary alicyclic amines) is 1. The van der Waals surface area contributed by atoms with Gasteiger partial charge in [0.25, 0.3) is 0 Å². The maximum absolute atomic E-state index is 6.46. The lowest BCUT2D eigenvalue weighted by molar-refractivity contribution is 0.187. The highest BCUT2D eigenvalue weighted by Gasteiger charge is 2.26. The van der Waals surface area contributed by atoms with Gasteiger partial charge in [0.15, 0.2) is 0 Å². The number of anilines is 1. The quantitative estimate of drug-likeness (QED) is 0.444. The van der Waals surface area contributed by atoms with Crippen LogP contribution in [0.2, 0.25) is 0 Å². The summed E-state index contributed by atoms with van der Waals surface area (Å²) in [5.74, 6) is 1.41. The Morgan fingerprint density at radius 1 is 1.06 bits per heavy atom. The second-order valence-electron chi connectivity index (χ2n) is 12.0. The molecule has 3 heteroatoms. The fraction of sp³-hybridized carbons (Fsp3) is 0.786. The summed E-state index contributed by atoms with van der Waals surface area (Å²) in [7, 11) is 0. The number of hydrogen-bond acceptors (Lipinski definition) is 3. The predicted octanol–water partition coefficient (Wildman–Crippen LogP) is 6.36. The molecule has 1 aromatic rings. The van der Waals surface area contributed by atoms with E-state index in [1.165, 1.54) is 49.9 Å². The first-order valence-electron chi connectivity index (χ1n) is 12.9. The zero-order valence-corrected chi connectivity index (χ0v) is 21.7. The SMILES string of the molecule is CC(C)CCN(c1ccc(CCC(C)(C)C)cc1)[C@H]1CCCN(CC(N)CC(C)C)C1. The van der Waals surface area contributed by atoms with Crippen molar-refractivity contribution >= 4 is 5.69 Å². The molecule has 0 spiro atoms. The van der Waals surface area contributed by atoms with Crippen molar-refractivity contribution in [1.82, 2.24) is 4.90 Å². The van der Waals surface area contributed by atoms with Crippen LogP contribution in [-0.2, 0) is 6.42 Å². The highest BCUT2D eigenvalue weighted by molar-refractivity contribution is 5.49. The number of rotatable bonds is 11. The van der Waals surface area contributed by atoms with E-state index in [0.29, 0.717) is 23.4 Å². The molecular formula is C28H51N3. The van der Waals surface area contributed by atoms with Crippen LogP contribution in [0.1, 0.15) is 86.1 Å². The molecule has 0 aliphatic carbocycles. The molecule has 2 N–H and O–H groups in total. The molecule has 0 aromatic heterocycles. The molecule has 2 rings (SSSR count). The minimum absolute atomic E-state index is 0.296. The number of benzene rings is 1. The van der Waals surface area contributed by atoms with Crippen LogP contribution in [-0.4, -0.2) is 43.2 Å². The summed E-state index contributed by atoms with van der Waals surface area (Å²) in [6.45, 7) is 20.8. The number of piperidine rings is 1. The second kappa shape index (κ2) is 12.3. The van der Waals surface area contributed by atoms with Gasteiger partial charge in [-0.2, -0.15) is 0 Å². The molecule has 1 aliphatic rings. The smallest absolute Gasteiger partial charge is 0.0417 e. The van der Waals surface area contributed by atoms with Gasteiger partial charge in [0.05, 0.1) is 0 Å². The molecule has 1 aliphatic heterocycles. The summed E-state index contributed by atoms with van der Waals surface area (Å²) in [6.07, 6.45) is 7.34. The first-order valence-corrected chi connectivity index (χ1v) is 12.9. The number of nitrogens with zero attached hydrogens (tertiary/aromatic N) is 2. The van der Waals surface area contributed by atoms with Gasteiger partial charge in [0.2, 0.25) is 0 Å². The molecule has 31 heavy (non-hydrogen) atoms. The molecule has 1 saturated heterocycles. The number of aryl methyl sites for hydroxylation is 1. The van der Waals surface area contributed by atoms with Crippen molar-refractivity contribution in [2.24, 2.45) is 23.0 Å². The van der Waals surface area contributed by atoms with Gasteiger partial charge in [0, 0.05) is 37.4 Å². The van der Waals surface area contributed by atoms with E-state index in [9.17, 15) is 0 Å². The molecule has 1 aromatic carbocycles. The van der Waals surface area contributed by atoms with Crippen LogP contribution in [0, 0.1) is 17.3 Å². The first-order chi connectivity index (χ1) is 14.5. The molecule has 1 unspecified atom stereocenters. The molecule has 3 nitrogen and oxygen atoms in total. The lowest BCUT2D eigenvalue weighted by Gasteiger charge is -2.42. The van der Waals surface area contributed by atoms with Crippen molar-refractivity contribution in [1.29, 1.82) is 0 Å². The maximum Gasteiger partial charge on any atom is 0.0417 e. The molecule has 178 valence electrons. The molecule has 0 saturated carbocycles. The van der Waals surface area contributed by atoms with Gasteiger partial charge in [-0.1, -0.05) is 60.6 Å². The van der Waals surface area contributed by atoms with Crippen LogP contribution in [0.15, 0.2) is 24.3 Å². The lowest BCUT2D eigenvalue weighted by atomic mass is 9.88. The average Bonchev–Trinajstić information content (AvgIpc) is 2.66. The zero-order valence-electron chi connectivity index (χ0n) is 21.7. The van der Waals surface area contributed by atoms with Crippen LogP contribution >= 0.6 is 0 Å². The van der Waals surface area contributed by atoms with E-state index in [1.54, 1.807) is 0 Å². The van der Waals surface area contributed by atoms with Crippen molar-refractivity contribution in [3.63, 3.8) is 0 Å². The monoisotopic (exact) mass is 429 g/mol. The van der Waals surface area contributed by atoms with Crippen LogP contribution in [0.5, 0.6) is 0 Å². The summed E-state index contributed by atoms with van der Waals surface area (Å²) >= 11 is 0. The highest BCUT2D eigenvalue weighted by Crippen LogP contribution is 2.27. The standard InChI is InChI=1S/C28H51N3/c1-22(2)15-18-31(26-12-10-24(11-13-26)14-16-28(5,6)7)27-9-8-17-30(21-27)20-25(29)19-23(3)4/h10-13,22-23,25,27H,8-9,14-21,29H2,1-7H3/t25?,27-/m0/s1. The van der Waals surface area contributed by atoms with E-state index in [-0.39, 0.29) is 0 Å². The molecule has 0 bridgehead atoms. The number of nitrogens with two attached hydrogens (primary N) is 1. The largest absolute Gasteiger partial charge is 0.367 e. The van der Waals surface area contributed by atoms with Gasteiger partial charge in [-0.05, 0) is 80.0 Å². The normalized spacial score (nSPS) is 19.2. The maximum atomic E-state index is 6.46. The average molecular weight is 430 g/mol. The van der Waals surface area contributed by atoms with Crippen LogP contribution in [0.4, 0.5) is 5.69 Å². The molecule has 0 amide bonds. The predicted molar refractivity (Wildman–Crippen MR) is 138 cm³/mol. The van der Waals surface area contributed by atoms with Crippen LogP contribution in [0.25, 0.3) is 0 Å². The Labute approximate surface area is 193 Å². The second-order valence-corrected chi connectivity index (χ2v) is 12.0. The summed E-state index contributed by atoms with van der Waals surface area (Å²) < 4.78 is 0. The van der Waals surface area contributed by atoms with Crippen molar-refractivity contribution < 1.29 is 0 Å².